The lowest BCUT2D eigenvalue weighted by Crippen LogP contribution is -2.32. The Labute approximate surface area is 112 Å². The van der Waals surface area contributed by atoms with E-state index < -0.39 is 11.9 Å². The van der Waals surface area contributed by atoms with E-state index in [1.54, 1.807) is 12.1 Å². The highest BCUT2D eigenvalue weighted by Gasteiger charge is 2.07. The highest BCUT2D eigenvalue weighted by Crippen LogP contribution is 2.15. The van der Waals surface area contributed by atoms with Crippen LogP contribution < -0.4 is 10.1 Å². The maximum absolute atomic E-state index is 13.2. The molecule has 1 amide bonds. The van der Waals surface area contributed by atoms with Gasteiger partial charge < -0.3 is 15.2 Å². The number of halogens is 1. The number of carbonyl (C=O) groups is 1. The molecular weight excluding hydrogens is 249 g/mol. The molecule has 0 radical (unpaired) electrons. The number of aliphatic hydroxyl groups is 1. The third-order valence-corrected chi connectivity index (χ3v) is 2.58. The minimum absolute atomic E-state index is 0.108. The van der Waals surface area contributed by atoms with E-state index in [1.807, 2.05) is 6.92 Å². The van der Waals surface area contributed by atoms with Gasteiger partial charge in [0, 0.05) is 6.54 Å². The predicted octanol–water partition coefficient (Wildman–Crippen LogP) is 1.87. The smallest absolute Gasteiger partial charge is 0.223 e. The molecule has 0 heterocycles. The van der Waals surface area contributed by atoms with Crippen molar-refractivity contribution in [3.05, 3.63) is 30.1 Å². The van der Waals surface area contributed by atoms with Gasteiger partial charge in [0.05, 0.1) is 19.1 Å². The average molecular weight is 269 g/mol. The van der Waals surface area contributed by atoms with E-state index in [0.29, 0.717) is 6.42 Å². The number of ether oxygens (including phenoxy) is 1. The number of aliphatic hydroxyl groups excluding tert-OH is 1. The summed E-state index contributed by atoms with van der Waals surface area (Å²) in [5.41, 5.74) is 0. The zero-order chi connectivity index (χ0) is 14.1. The summed E-state index contributed by atoms with van der Waals surface area (Å²) in [6.07, 6.45) is 1.15. The Morgan fingerprint density at radius 1 is 1.47 bits per heavy atom. The van der Waals surface area contributed by atoms with Crippen molar-refractivity contribution in [2.75, 3.05) is 13.2 Å². The topological polar surface area (TPSA) is 58.6 Å². The summed E-state index contributed by atoms with van der Waals surface area (Å²) in [6, 6.07) is 6.05. The summed E-state index contributed by atoms with van der Waals surface area (Å²) in [6.45, 7) is 2.32. The Morgan fingerprint density at radius 3 is 2.89 bits per heavy atom. The van der Waals surface area contributed by atoms with Crippen molar-refractivity contribution in [3.8, 4) is 5.75 Å². The second kappa shape index (κ2) is 8.48. The van der Waals surface area contributed by atoms with Crippen LogP contribution in [0.3, 0.4) is 0 Å². The molecule has 1 aromatic rings. The number of benzene rings is 1. The number of hydrogen-bond acceptors (Lipinski definition) is 3. The molecule has 106 valence electrons. The second-order valence-electron chi connectivity index (χ2n) is 4.28. The van der Waals surface area contributed by atoms with Crippen LogP contribution in [0.15, 0.2) is 24.3 Å². The summed E-state index contributed by atoms with van der Waals surface area (Å²) >= 11 is 0. The fraction of sp³-hybridized carbons (Fsp3) is 0.500. The Hall–Kier alpha value is -1.62. The van der Waals surface area contributed by atoms with E-state index in [-0.39, 0.29) is 31.2 Å². The van der Waals surface area contributed by atoms with Gasteiger partial charge in [0.25, 0.3) is 0 Å². The van der Waals surface area contributed by atoms with Gasteiger partial charge in [-0.1, -0.05) is 25.5 Å². The van der Waals surface area contributed by atoms with Crippen LogP contribution in [-0.2, 0) is 4.79 Å². The Bertz CT molecular complexity index is 398. The standard InChI is InChI=1S/C14H20FNO3/c1-2-5-11(17)10-16-14(18)8-9-19-13-7-4-3-6-12(13)15/h3-4,6-7,11,17H,2,5,8-10H2,1H3,(H,16,18). The molecule has 1 unspecified atom stereocenters. The molecule has 0 saturated heterocycles. The largest absolute Gasteiger partial charge is 0.490 e. The molecule has 5 heteroatoms. The SMILES string of the molecule is CCCC(O)CNC(=O)CCOc1ccccc1F. The molecule has 0 saturated carbocycles. The first-order chi connectivity index (χ1) is 9.13. The van der Waals surface area contributed by atoms with Crippen molar-refractivity contribution >= 4 is 5.91 Å². The van der Waals surface area contributed by atoms with Crippen LogP contribution in [0, 0.1) is 5.82 Å². The molecule has 0 aliphatic rings. The molecule has 1 rings (SSSR count). The molecule has 0 spiro atoms. The summed E-state index contributed by atoms with van der Waals surface area (Å²) < 4.78 is 18.4. The number of hydrogen-bond donors (Lipinski definition) is 2. The highest BCUT2D eigenvalue weighted by atomic mass is 19.1. The first-order valence-electron chi connectivity index (χ1n) is 6.45. The van der Waals surface area contributed by atoms with Gasteiger partial charge in [-0.2, -0.15) is 0 Å². The van der Waals surface area contributed by atoms with Crippen molar-refractivity contribution in [1.82, 2.24) is 5.32 Å². The van der Waals surface area contributed by atoms with Crippen LogP contribution >= 0.6 is 0 Å². The van der Waals surface area contributed by atoms with Crippen molar-refractivity contribution in [2.24, 2.45) is 0 Å². The second-order valence-corrected chi connectivity index (χ2v) is 4.28. The summed E-state index contributed by atoms with van der Waals surface area (Å²) in [4.78, 5) is 11.4. The van der Waals surface area contributed by atoms with Gasteiger partial charge in [0.2, 0.25) is 5.91 Å². The Kier molecular flexibility index (Phi) is 6.89. The van der Waals surface area contributed by atoms with Crippen LogP contribution in [-0.4, -0.2) is 30.3 Å². The quantitative estimate of drug-likeness (QED) is 0.757. The molecule has 1 atom stereocenters. The maximum Gasteiger partial charge on any atom is 0.223 e. The number of rotatable bonds is 8. The Morgan fingerprint density at radius 2 is 2.21 bits per heavy atom. The predicted molar refractivity (Wildman–Crippen MR) is 70.4 cm³/mol. The lowest BCUT2D eigenvalue weighted by Gasteiger charge is -2.11. The third-order valence-electron chi connectivity index (χ3n) is 2.58. The molecule has 0 aliphatic carbocycles. The normalized spacial score (nSPS) is 11.9. The zero-order valence-corrected chi connectivity index (χ0v) is 11.1. The molecule has 0 aliphatic heterocycles. The van der Waals surface area contributed by atoms with Gasteiger partial charge >= 0.3 is 0 Å². The number of carbonyl (C=O) groups excluding carboxylic acids is 1. The molecule has 19 heavy (non-hydrogen) atoms. The third kappa shape index (κ3) is 6.20. The van der Waals surface area contributed by atoms with E-state index in [4.69, 9.17) is 4.74 Å². The van der Waals surface area contributed by atoms with E-state index in [9.17, 15) is 14.3 Å². The van der Waals surface area contributed by atoms with Crippen molar-refractivity contribution in [2.45, 2.75) is 32.3 Å². The van der Waals surface area contributed by atoms with Crippen LogP contribution in [0.2, 0.25) is 0 Å². The van der Waals surface area contributed by atoms with Crippen molar-refractivity contribution in [1.29, 1.82) is 0 Å². The molecule has 4 nitrogen and oxygen atoms in total. The number of nitrogens with one attached hydrogen (secondary N) is 1. The van der Waals surface area contributed by atoms with E-state index in [1.165, 1.54) is 12.1 Å². The summed E-state index contributed by atoms with van der Waals surface area (Å²) in [7, 11) is 0. The lowest BCUT2D eigenvalue weighted by molar-refractivity contribution is -0.122. The first-order valence-corrected chi connectivity index (χ1v) is 6.45. The molecular formula is C14H20FNO3. The minimum Gasteiger partial charge on any atom is -0.490 e. The minimum atomic E-state index is -0.513. The van der Waals surface area contributed by atoms with Gasteiger partial charge in [-0.3, -0.25) is 4.79 Å². The van der Waals surface area contributed by atoms with E-state index >= 15 is 0 Å². The van der Waals surface area contributed by atoms with Crippen molar-refractivity contribution < 1.29 is 19.0 Å². The van der Waals surface area contributed by atoms with Crippen LogP contribution in [0.5, 0.6) is 5.75 Å². The summed E-state index contributed by atoms with van der Waals surface area (Å²) in [5.74, 6) is -0.519. The van der Waals surface area contributed by atoms with Gasteiger partial charge in [0.1, 0.15) is 0 Å². The monoisotopic (exact) mass is 269 g/mol. The Balaban J connectivity index is 2.19. The highest BCUT2D eigenvalue weighted by molar-refractivity contribution is 5.76. The molecule has 0 bridgehead atoms. The van der Waals surface area contributed by atoms with Gasteiger partial charge in [0.15, 0.2) is 11.6 Å². The van der Waals surface area contributed by atoms with Crippen molar-refractivity contribution in [3.63, 3.8) is 0 Å². The maximum atomic E-state index is 13.2. The average Bonchev–Trinajstić information content (AvgIpc) is 2.39. The van der Waals surface area contributed by atoms with Crippen LogP contribution in [0.1, 0.15) is 26.2 Å². The zero-order valence-electron chi connectivity index (χ0n) is 11.1. The molecule has 0 aromatic heterocycles. The van der Waals surface area contributed by atoms with Gasteiger partial charge in [-0.05, 0) is 18.6 Å². The molecule has 0 fully saturated rings. The first kappa shape index (κ1) is 15.4. The number of para-hydroxylation sites is 1. The molecule has 1 aromatic carbocycles. The molecule has 2 N–H and O–H groups in total. The van der Waals surface area contributed by atoms with Gasteiger partial charge in [-0.15, -0.1) is 0 Å². The lowest BCUT2D eigenvalue weighted by atomic mass is 10.2. The number of amides is 1. The fourth-order valence-electron chi connectivity index (χ4n) is 1.57. The van der Waals surface area contributed by atoms with E-state index in [0.717, 1.165) is 6.42 Å². The van der Waals surface area contributed by atoms with Gasteiger partial charge in [-0.25, -0.2) is 4.39 Å². The fourth-order valence-corrected chi connectivity index (χ4v) is 1.57. The van der Waals surface area contributed by atoms with Crippen LogP contribution in [0.25, 0.3) is 0 Å². The summed E-state index contributed by atoms with van der Waals surface area (Å²) in [5, 5.41) is 12.0. The van der Waals surface area contributed by atoms with Crippen LogP contribution in [0.4, 0.5) is 4.39 Å². The van der Waals surface area contributed by atoms with E-state index in [2.05, 4.69) is 5.32 Å².